The number of benzene rings is 2. The van der Waals surface area contributed by atoms with Crippen LogP contribution in [-0.4, -0.2) is 8.42 Å². The third-order valence-corrected chi connectivity index (χ3v) is 5.85. The van der Waals surface area contributed by atoms with E-state index < -0.39 is 15.8 Å². The molecule has 0 unspecified atom stereocenters. The van der Waals surface area contributed by atoms with Gasteiger partial charge in [0.15, 0.2) is 0 Å². The highest BCUT2D eigenvalue weighted by atomic mass is 79.9. The van der Waals surface area contributed by atoms with Crippen LogP contribution in [-0.2, 0) is 10.0 Å². The molecule has 2 aromatic carbocycles. The number of nitrogens with one attached hydrogen (secondary N) is 1. The molecule has 20 heavy (non-hydrogen) atoms. The van der Waals surface area contributed by atoms with Gasteiger partial charge in [0.2, 0.25) is 0 Å². The second-order valence-electron chi connectivity index (χ2n) is 3.80. The normalized spacial score (nSPS) is 11.4. The van der Waals surface area contributed by atoms with Crippen LogP contribution in [0.3, 0.4) is 0 Å². The van der Waals surface area contributed by atoms with Crippen molar-refractivity contribution in [2.75, 3.05) is 4.72 Å². The van der Waals surface area contributed by atoms with Gasteiger partial charge in [-0.3, -0.25) is 4.72 Å². The van der Waals surface area contributed by atoms with Crippen molar-refractivity contribution in [3.63, 3.8) is 0 Å². The second kappa shape index (κ2) is 6.13. The van der Waals surface area contributed by atoms with E-state index >= 15 is 0 Å². The second-order valence-corrected chi connectivity index (χ2v) is 8.08. The Morgan fingerprint density at radius 2 is 1.65 bits per heavy atom. The third kappa shape index (κ3) is 3.60. The molecule has 106 valence electrons. The Kier molecular flexibility index (Phi) is 4.88. The van der Waals surface area contributed by atoms with Crippen molar-refractivity contribution in [3.05, 3.63) is 55.6 Å². The summed E-state index contributed by atoms with van der Waals surface area (Å²) in [7, 11) is -3.77. The molecule has 0 bridgehead atoms. The van der Waals surface area contributed by atoms with E-state index in [1.54, 1.807) is 12.1 Å². The average molecular weight is 488 g/mol. The molecule has 1 N–H and O–H groups in total. The molecule has 0 amide bonds. The predicted molar refractivity (Wildman–Crippen MR) is 86.8 cm³/mol. The standard InChI is InChI=1S/C12H7Br3FNO2S/c13-7-1-4-12(10(15)5-7)20(18,19)17-11-3-2-8(16)6-9(11)14/h1-6,17H. The maximum absolute atomic E-state index is 13.0. The number of rotatable bonds is 3. The highest BCUT2D eigenvalue weighted by Gasteiger charge is 2.19. The summed E-state index contributed by atoms with van der Waals surface area (Å²) in [5.41, 5.74) is 0.265. The van der Waals surface area contributed by atoms with Crippen LogP contribution in [0.25, 0.3) is 0 Å². The molecule has 0 saturated carbocycles. The summed E-state index contributed by atoms with van der Waals surface area (Å²) in [5, 5.41) is 0. The van der Waals surface area contributed by atoms with E-state index in [9.17, 15) is 12.8 Å². The first-order valence-electron chi connectivity index (χ1n) is 5.22. The first-order chi connectivity index (χ1) is 9.29. The lowest BCUT2D eigenvalue weighted by Crippen LogP contribution is -2.14. The van der Waals surface area contributed by atoms with E-state index in [1.807, 2.05) is 0 Å². The molecule has 0 radical (unpaired) electrons. The van der Waals surface area contributed by atoms with Crippen LogP contribution in [0.4, 0.5) is 10.1 Å². The molecule has 0 aromatic heterocycles. The van der Waals surface area contributed by atoms with Crippen molar-refractivity contribution in [2.24, 2.45) is 0 Å². The zero-order valence-electron chi connectivity index (χ0n) is 9.70. The molecule has 0 atom stereocenters. The molecule has 3 nitrogen and oxygen atoms in total. The Bertz CT molecular complexity index is 765. The van der Waals surface area contributed by atoms with Crippen LogP contribution in [0.15, 0.2) is 54.7 Å². The fourth-order valence-corrected chi connectivity index (χ4v) is 4.87. The summed E-state index contributed by atoms with van der Waals surface area (Å²) in [4.78, 5) is 0.0944. The molecule has 0 aliphatic carbocycles. The summed E-state index contributed by atoms with van der Waals surface area (Å²) < 4.78 is 41.5. The molecule has 0 aliphatic heterocycles. The van der Waals surface area contributed by atoms with Gasteiger partial charge in [-0.2, -0.15) is 0 Å². The van der Waals surface area contributed by atoms with Gasteiger partial charge in [0.25, 0.3) is 10.0 Å². The topological polar surface area (TPSA) is 46.2 Å². The number of anilines is 1. The Morgan fingerprint density at radius 1 is 0.950 bits per heavy atom. The summed E-state index contributed by atoms with van der Waals surface area (Å²) in [6.45, 7) is 0. The molecule has 2 rings (SSSR count). The third-order valence-electron chi connectivity index (χ3n) is 2.36. The predicted octanol–water partition coefficient (Wildman–Crippen LogP) is 4.91. The minimum absolute atomic E-state index is 0.0944. The molecule has 0 spiro atoms. The van der Waals surface area contributed by atoms with Gasteiger partial charge in [-0.15, -0.1) is 0 Å². The molecule has 8 heteroatoms. The summed E-state index contributed by atoms with van der Waals surface area (Å²) in [6.07, 6.45) is 0. The van der Waals surface area contributed by atoms with Crippen molar-refractivity contribution < 1.29 is 12.8 Å². The fraction of sp³-hybridized carbons (Fsp3) is 0. The molecular weight excluding hydrogens is 481 g/mol. The highest BCUT2D eigenvalue weighted by Crippen LogP contribution is 2.30. The van der Waals surface area contributed by atoms with E-state index in [1.165, 1.54) is 24.3 Å². The maximum Gasteiger partial charge on any atom is 0.263 e. The fourth-order valence-electron chi connectivity index (χ4n) is 1.47. The molecule has 0 heterocycles. The quantitative estimate of drug-likeness (QED) is 0.668. The van der Waals surface area contributed by atoms with E-state index in [4.69, 9.17) is 0 Å². The van der Waals surface area contributed by atoms with E-state index in [0.717, 1.165) is 4.47 Å². The van der Waals surface area contributed by atoms with Gasteiger partial charge in [-0.05, 0) is 68.3 Å². The van der Waals surface area contributed by atoms with Gasteiger partial charge in [0.1, 0.15) is 10.7 Å². The first-order valence-corrected chi connectivity index (χ1v) is 9.09. The molecular formula is C12H7Br3FNO2S. The summed E-state index contributed by atoms with van der Waals surface area (Å²) in [5.74, 6) is -0.454. The molecule has 0 fully saturated rings. The molecule has 0 saturated heterocycles. The van der Waals surface area contributed by atoms with Crippen molar-refractivity contribution in [2.45, 2.75) is 4.90 Å². The number of hydrogen-bond donors (Lipinski definition) is 1. The maximum atomic E-state index is 13.0. The smallest absolute Gasteiger partial charge is 0.263 e. The zero-order valence-corrected chi connectivity index (χ0v) is 15.3. The van der Waals surface area contributed by atoms with Crippen molar-refractivity contribution in [1.82, 2.24) is 0 Å². The SMILES string of the molecule is O=S(=O)(Nc1ccc(F)cc1Br)c1ccc(Br)cc1Br. The van der Waals surface area contributed by atoms with Gasteiger partial charge in [-0.25, -0.2) is 12.8 Å². The number of sulfonamides is 1. The van der Waals surface area contributed by atoms with E-state index in [2.05, 4.69) is 52.5 Å². The Balaban J connectivity index is 2.41. The molecule has 2 aromatic rings. The van der Waals surface area contributed by atoms with Crippen LogP contribution in [0, 0.1) is 5.82 Å². The van der Waals surface area contributed by atoms with Crippen LogP contribution >= 0.6 is 47.8 Å². The Morgan fingerprint density at radius 3 is 2.25 bits per heavy atom. The Labute approximate surface area is 141 Å². The zero-order chi connectivity index (χ0) is 14.9. The monoisotopic (exact) mass is 485 g/mol. The van der Waals surface area contributed by atoms with Crippen LogP contribution in [0.5, 0.6) is 0 Å². The highest BCUT2D eigenvalue weighted by molar-refractivity contribution is 9.11. The van der Waals surface area contributed by atoms with Crippen molar-refractivity contribution in [3.8, 4) is 0 Å². The van der Waals surface area contributed by atoms with Gasteiger partial charge in [0.05, 0.1) is 5.69 Å². The van der Waals surface area contributed by atoms with Gasteiger partial charge in [-0.1, -0.05) is 15.9 Å². The average Bonchev–Trinajstić information content (AvgIpc) is 2.32. The van der Waals surface area contributed by atoms with Crippen LogP contribution < -0.4 is 4.72 Å². The van der Waals surface area contributed by atoms with Crippen LogP contribution in [0.1, 0.15) is 0 Å². The molecule has 0 aliphatic rings. The lowest BCUT2D eigenvalue weighted by Gasteiger charge is -2.11. The van der Waals surface area contributed by atoms with Gasteiger partial charge >= 0.3 is 0 Å². The summed E-state index contributed by atoms with van der Waals surface area (Å²) >= 11 is 9.58. The van der Waals surface area contributed by atoms with E-state index in [-0.39, 0.29) is 10.6 Å². The van der Waals surface area contributed by atoms with E-state index in [0.29, 0.717) is 8.95 Å². The minimum atomic E-state index is -3.77. The number of hydrogen-bond acceptors (Lipinski definition) is 2. The minimum Gasteiger partial charge on any atom is -0.278 e. The Hall–Kier alpha value is -0.440. The largest absolute Gasteiger partial charge is 0.278 e. The van der Waals surface area contributed by atoms with Crippen molar-refractivity contribution >= 4 is 63.5 Å². The number of halogens is 4. The van der Waals surface area contributed by atoms with Crippen molar-refractivity contribution in [1.29, 1.82) is 0 Å². The first kappa shape index (κ1) is 15.9. The van der Waals surface area contributed by atoms with Gasteiger partial charge < -0.3 is 0 Å². The summed E-state index contributed by atoms with van der Waals surface area (Å²) in [6, 6.07) is 8.44. The van der Waals surface area contributed by atoms with Crippen LogP contribution in [0.2, 0.25) is 0 Å². The lowest BCUT2D eigenvalue weighted by atomic mass is 10.3. The lowest BCUT2D eigenvalue weighted by molar-refractivity contribution is 0.600. The van der Waals surface area contributed by atoms with Gasteiger partial charge in [0, 0.05) is 13.4 Å².